The van der Waals surface area contributed by atoms with E-state index in [-0.39, 0.29) is 4.88 Å². The van der Waals surface area contributed by atoms with E-state index < -0.39 is 5.97 Å². The van der Waals surface area contributed by atoms with Crippen LogP contribution < -0.4 is 0 Å². The van der Waals surface area contributed by atoms with Crippen LogP contribution >= 0.6 is 11.3 Å². The van der Waals surface area contributed by atoms with E-state index in [9.17, 15) is 4.79 Å². The molecule has 1 fully saturated rings. The summed E-state index contributed by atoms with van der Waals surface area (Å²) in [6, 6.07) is 0. The van der Waals surface area contributed by atoms with Crippen molar-refractivity contribution in [2.24, 2.45) is 7.05 Å². The second-order valence-corrected chi connectivity index (χ2v) is 5.68. The average molecular weight is 275 g/mol. The summed E-state index contributed by atoms with van der Waals surface area (Å²) in [6.07, 6.45) is 9.59. The molecule has 6 heteroatoms. The van der Waals surface area contributed by atoms with Crippen molar-refractivity contribution in [2.45, 2.75) is 18.8 Å². The van der Waals surface area contributed by atoms with Crippen molar-refractivity contribution < 1.29 is 9.90 Å². The number of hydrogen-bond acceptors (Lipinski definition) is 4. The number of hydrogen-bond donors (Lipinski definition) is 1. The van der Waals surface area contributed by atoms with Gasteiger partial charge in [0.05, 0.1) is 11.9 Å². The lowest BCUT2D eigenvalue weighted by atomic mass is 10.2. The van der Waals surface area contributed by atoms with Gasteiger partial charge in [0.25, 0.3) is 0 Å². The van der Waals surface area contributed by atoms with Crippen LogP contribution in [0.4, 0.5) is 0 Å². The highest BCUT2D eigenvalue weighted by Crippen LogP contribution is 2.41. The average Bonchev–Trinajstić information content (AvgIpc) is 2.97. The Kier molecular flexibility index (Phi) is 2.94. The smallest absolute Gasteiger partial charge is 0.347 e. The molecule has 2 aromatic rings. The molecule has 0 atom stereocenters. The minimum Gasteiger partial charge on any atom is -0.477 e. The lowest BCUT2D eigenvalue weighted by molar-refractivity contribution is 0.0702. The molecule has 0 aromatic carbocycles. The number of carboxylic acid groups (broad SMARTS) is 1. The zero-order chi connectivity index (χ0) is 13.4. The maximum atomic E-state index is 10.8. The summed E-state index contributed by atoms with van der Waals surface area (Å²) in [4.78, 5) is 15.1. The fourth-order valence-corrected chi connectivity index (χ4v) is 2.61. The Morgan fingerprint density at radius 1 is 1.53 bits per heavy atom. The number of carbonyl (C=O) groups is 1. The minimum absolute atomic E-state index is 0.258. The molecule has 0 amide bonds. The fraction of sp³-hybridized carbons (Fsp3) is 0.308. The summed E-state index contributed by atoms with van der Waals surface area (Å²) < 4.78 is 1.82. The molecule has 19 heavy (non-hydrogen) atoms. The number of aromatic nitrogens is 3. The van der Waals surface area contributed by atoms with Crippen LogP contribution in [0.5, 0.6) is 0 Å². The van der Waals surface area contributed by atoms with Crippen molar-refractivity contribution in [1.82, 2.24) is 14.8 Å². The molecule has 2 aromatic heterocycles. The quantitative estimate of drug-likeness (QED) is 0.931. The van der Waals surface area contributed by atoms with Gasteiger partial charge in [0.15, 0.2) is 0 Å². The lowest BCUT2D eigenvalue weighted by Gasteiger charge is -1.92. The summed E-state index contributed by atoms with van der Waals surface area (Å²) in [5.41, 5.74) is 2.23. The molecular formula is C13H13N3O2S. The Bertz CT molecular complexity index is 653. The zero-order valence-corrected chi connectivity index (χ0v) is 11.2. The Balaban J connectivity index is 1.83. The highest BCUT2D eigenvalue weighted by Gasteiger charge is 2.28. The van der Waals surface area contributed by atoms with Crippen molar-refractivity contribution in [1.29, 1.82) is 0 Å². The summed E-state index contributed by atoms with van der Waals surface area (Å²) in [5, 5.41) is 14.0. The van der Waals surface area contributed by atoms with Gasteiger partial charge >= 0.3 is 5.97 Å². The molecule has 1 aliphatic carbocycles. The van der Waals surface area contributed by atoms with E-state index in [0.717, 1.165) is 11.3 Å². The van der Waals surface area contributed by atoms with Gasteiger partial charge in [-0.3, -0.25) is 4.68 Å². The molecule has 5 nitrogen and oxygen atoms in total. The van der Waals surface area contributed by atoms with Crippen LogP contribution in [0.2, 0.25) is 0 Å². The number of aromatic carboxylic acids is 1. The molecule has 0 spiro atoms. The van der Waals surface area contributed by atoms with Gasteiger partial charge in [-0.2, -0.15) is 5.10 Å². The van der Waals surface area contributed by atoms with E-state index >= 15 is 0 Å². The second kappa shape index (κ2) is 4.62. The van der Waals surface area contributed by atoms with E-state index in [4.69, 9.17) is 5.11 Å². The predicted molar refractivity (Wildman–Crippen MR) is 73.2 cm³/mol. The summed E-state index contributed by atoms with van der Waals surface area (Å²) in [5.74, 6) is -0.344. The van der Waals surface area contributed by atoms with Crippen LogP contribution in [0.3, 0.4) is 0 Å². The molecule has 1 N–H and O–H groups in total. The molecule has 0 saturated heterocycles. The van der Waals surface area contributed by atoms with Crippen LogP contribution in [-0.2, 0) is 7.05 Å². The third kappa shape index (κ3) is 2.58. The third-order valence-corrected chi connectivity index (χ3v) is 3.94. The zero-order valence-electron chi connectivity index (χ0n) is 10.4. The van der Waals surface area contributed by atoms with E-state index in [1.165, 1.54) is 30.4 Å². The van der Waals surface area contributed by atoms with Crippen molar-refractivity contribution in [3.05, 3.63) is 33.5 Å². The molecule has 0 radical (unpaired) electrons. The number of aryl methyl sites for hydroxylation is 1. The highest BCUT2D eigenvalue weighted by molar-refractivity contribution is 7.14. The molecule has 0 bridgehead atoms. The highest BCUT2D eigenvalue weighted by atomic mass is 32.1. The number of carboxylic acids is 1. The topological polar surface area (TPSA) is 68.0 Å². The molecule has 0 aliphatic heterocycles. The Morgan fingerprint density at radius 3 is 2.95 bits per heavy atom. The summed E-state index contributed by atoms with van der Waals surface area (Å²) >= 11 is 1.17. The first-order chi connectivity index (χ1) is 9.13. The van der Waals surface area contributed by atoms with Crippen molar-refractivity contribution in [3.8, 4) is 0 Å². The minimum atomic E-state index is -0.933. The van der Waals surface area contributed by atoms with Gasteiger partial charge in [0.2, 0.25) is 0 Å². The monoisotopic (exact) mass is 275 g/mol. The molecule has 1 aliphatic rings. The predicted octanol–water partition coefficient (Wildman–Crippen LogP) is 2.62. The van der Waals surface area contributed by atoms with E-state index in [2.05, 4.69) is 10.1 Å². The van der Waals surface area contributed by atoms with Gasteiger partial charge in [-0.1, -0.05) is 0 Å². The first-order valence-corrected chi connectivity index (χ1v) is 6.86. The van der Waals surface area contributed by atoms with E-state index in [1.807, 2.05) is 30.1 Å². The van der Waals surface area contributed by atoms with Crippen molar-refractivity contribution >= 4 is 29.5 Å². The Hall–Kier alpha value is -1.95. The molecule has 1 saturated carbocycles. The largest absolute Gasteiger partial charge is 0.477 e. The SMILES string of the molecule is Cn1cc(/C=C/c2ncc(C(=O)O)s2)c(C2CC2)n1. The lowest BCUT2D eigenvalue weighted by Crippen LogP contribution is -1.89. The van der Waals surface area contributed by atoms with Crippen molar-refractivity contribution in [3.63, 3.8) is 0 Å². The second-order valence-electron chi connectivity index (χ2n) is 4.62. The molecule has 2 heterocycles. The van der Waals surface area contributed by atoms with Gasteiger partial charge in [0, 0.05) is 24.7 Å². The Labute approximate surface area is 114 Å². The van der Waals surface area contributed by atoms with Crippen molar-refractivity contribution in [2.75, 3.05) is 0 Å². The first-order valence-electron chi connectivity index (χ1n) is 6.04. The Morgan fingerprint density at radius 2 is 2.32 bits per heavy atom. The summed E-state index contributed by atoms with van der Waals surface area (Å²) in [6.45, 7) is 0. The maximum absolute atomic E-state index is 10.8. The van der Waals surface area contributed by atoms with Gasteiger partial charge in [-0.15, -0.1) is 11.3 Å². The van der Waals surface area contributed by atoms with Crippen LogP contribution in [-0.4, -0.2) is 25.8 Å². The number of nitrogens with zero attached hydrogens (tertiary/aromatic N) is 3. The standard InChI is InChI=1S/C13H13N3O2S/c1-16-7-9(12(15-16)8-2-3-8)4-5-11-14-6-10(19-11)13(17)18/h4-8H,2-3H2,1H3,(H,17,18)/b5-4+. The van der Waals surface area contributed by atoms with Crippen LogP contribution in [0, 0.1) is 0 Å². The third-order valence-electron chi connectivity index (χ3n) is 2.99. The van der Waals surface area contributed by atoms with Gasteiger partial charge in [0.1, 0.15) is 9.88 Å². The van der Waals surface area contributed by atoms with E-state index in [0.29, 0.717) is 10.9 Å². The van der Waals surface area contributed by atoms with Gasteiger partial charge < -0.3 is 5.11 Å². The van der Waals surface area contributed by atoms with Crippen LogP contribution in [0.1, 0.15) is 44.7 Å². The molecule has 3 rings (SSSR count). The first kappa shape index (κ1) is 12.1. The maximum Gasteiger partial charge on any atom is 0.347 e. The van der Waals surface area contributed by atoms with E-state index in [1.54, 1.807) is 0 Å². The van der Waals surface area contributed by atoms with Gasteiger partial charge in [-0.25, -0.2) is 9.78 Å². The van der Waals surface area contributed by atoms with Crippen LogP contribution in [0.25, 0.3) is 12.2 Å². The number of rotatable bonds is 4. The van der Waals surface area contributed by atoms with Crippen LogP contribution in [0.15, 0.2) is 12.4 Å². The molecule has 98 valence electrons. The fourth-order valence-electron chi connectivity index (χ4n) is 1.95. The van der Waals surface area contributed by atoms with Gasteiger partial charge in [-0.05, 0) is 25.0 Å². The normalized spacial score (nSPS) is 15.2. The molecular weight excluding hydrogens is 262 g/mol. The summed E-state index contributed by atoms with van der Waals surface area (Å²) in [7, 11) is 1.91. The number of thiazole rings is 1. The molecule has 0 unspecified atom stereocenters.